The lowest BCUT2D eigenvalue weighted by atomic mass is 9.99. The first kappa shape index (κ1) is 14.9. The summed E-state index contributed by atoms with van der Waals surface area (Å²) in [6, 6.07) is 0.564. The number of hydrogen-bond acceptors (Lipinski definition) is 4. The van der Waals surface area contributed by atoms with Crippen LogP contribution in [-0.2, 0) is 4.74 Å². The van der Waals surface area contributed by atoms with Crippen molar-refractivity contribution in [1.29, 1.82) is 0 Å². The van der Waals surface area contributed by atoms with E-state index in [1.165, 1.54) is 19.3 Å². The topological polar surface area (TPSA) is 58.7 Å². The first-order chi connectivity index (χ1) is 8.31. The second-order valence-corrected chi connectivity index (χ2v) is 4.80. The summed E-state index contributed by atoms with van der Waals surface area (Å²) in [6.45, 7) is 5.86. The summed E-state index contributed by atoms with van der Waals surface area (Å²) in [4.78, 5) is 2.50. The summed E-state index contributed by atoms with van der Waals surface area (Å²) >= 11 is 0. The Labute approximate surface area is 105 Å². The zero-order valence-corrected chi connectivity index (χ0v) is 11.1. The Kier molecular flexibility index (Phi) is 7.77. The molecule has 102 valence electrons. The average molecular weight is 244 g/mol. The van der Waals surface area contributed by atoms with E-state index >= 15 is 0 Å². The Balaban J connectivity index is 2.31. The molecule has 1 fully saturated rings. The van der Waals surface area contributed by atoms with Crippen LogP contribution in [0.5, 0.6) is 0 Å². The van der Waals surface area contributed by atoms with Crippen LogP contribution in [0.25, 0.3) is 0 Å². The van der Waals surface area contributed by atoms with Crippen molar-refractivity contribution in [3.8, 4) is 0 Å². The minimum absolute atomic E-state index is 0.191. The van der Waals surface area contributed by atoms with Crippen LogP contribution in [0, 0.1) is 0 Å². The van der Waals surface area contributed by atoms with Crippen molar-refractivity contribution in [1.82, 2.24) is 4.90 Å². The summed E-state index contributed by atoms with van der Waals surface area (Å²) in [5, 5.41) is 9.07. The van der Waals surface area contributed by atoms with Crippen LogP contribution in [0.4, 0.5) is 0 Å². The van der Waals surface area contributed by atoms with Crippen LogP contribution < -0.4 is 5.73 Å². The molecule has 0 saturated carbocycles. The van der Waals surface area contributed by atoms with E-state index in [-0.39, 0.29) is 6.10 Å². The Bertz CT molecular complexity index is 188. The highest BCUT2D eigenvalue weighted by Crippen LogP contribution is 2.20. The summed E-state index contributed by atoms with van der Waals surface area (Å²) in [7, 11) is 0. The molecule has 0 bridgehead atoms. The lowest BCUT2D eigenvalue weighted by Gasteiger charge is -2.36. The molecule has 0 aromatic heterocycles. The van der Waals surface area contributed by atoms with Crippen LogP contribution in [0.3, 0.4) is 0 Å². The molecular weight excluding hydrogens is 216 g/mol. The molecule has 2 unspecified atom stereocenters. The summed E-state index contributed by atoms with van der Waals surface area (Å²) in [6.07, 6.45) is 5.91. The van der Waals surface area contributed by atoms with Crippen molar-refractivity contribution in [3.63, 3.8) is 0 Å². The maximum Gasteiger partial charge on any atom is 0.0709 e. The van der Waals surface area contributed by atoms with Crippen LogP contribution in [0.15, 0.2) is 0 Å². The van der Waals surface area contributed by atoms with Gasteiger partial charge in [-0.15, -0.1) is 0 Å². The molecule has 4 heteroatoms. The second-order valence-electron chi connectivity index (χ2n) is 4.80. The Morgan fingerprint density at radius 3 is 2.94 bits per heavy atom. The standard InChI is InChI=1S/C13H28N2O2/c1-2-17-13(11-14)6-9-15-8-4-3-5-12(15)7-10-16/h12-13,16H,2-11,14H2,1H3. The summed E-state index contributed by atoms with van der Waals surface area (Å²) < 4.78 is 5.58. The Hall–Kier alpha value is -0.160. The van der Waals surface area contributed by atoms with Gasteiger partial charge in [0.25, 0.3) is 0 Å². The quantitative estimate of drug-likeness (QED) is 0.668. The molecule has 1 saturated heterocycles. The summed E-state index contributed by atoms with van der Waals surface area (Å²) in [5.74, 6) is 0. The third-order valence-electron chi connectivity index (χ3n) is 3.61. The molecule has 0 spiro atoms. The fourth-order valence-corrected chi connectivity index (χ4v) is 2.65. The van der Waals surface area contributed by atoms with E-state index in [4.69, 9.17) is 15.6 Å². The molecule has 1 heterocycles. The van der Waals surface area contributed by atoms with Gasteiger partial charge in [0.05, 0.1) is 6.10 Å². The predicted molar refractivity (Wildman–Crippen MR) is 70.0 cm³/mol. The molecular formula is C13H28N2O2. The highest BCUT2D eigenvalue weighted by atomic mass is 16.5. The minimum atomic E-state index is 0.191. The predicted octanol–water partition coefficient (Wildman–Crippen LogP) is 0.977. The van der Waals surface area contributed by atoms with Gasteiger partial charge in [-0.25, -0.2) is 0 Å². The first-order valence-corrected chi connectivity index (χ1v) is 6.98. The number of ether oxygens (including phenoxy) is 1. The Morgan fingerprint density at radius 1 is 1.47 bits per heavy atom. The number of aliphatic hydroxyl groups is 1. The Morgan fingerprint density at radius 2 is 2.29 bits per heavy atom. The SMILES string of the molecule is CCOC(CN)CCN1CCCCC1CCO. The van der Waals surface area contributed by atoms with Crippen molar-refractivity contribution >= 4 is 0 Å². The van der Waals surface area contributed by atoms with Crippen LogP contribution >= 0.6 is 0 Å². The molecule has 0 radical (unpaired) electrons. The fourth-order valence-electron chi connectivity index (χ4n) is 2.65. The minimum Gasteiger partial charge on any atom is -0.396 e. The van der Waals surface area contributed by atoms with Gasteiger partial charge in [0.2, 0.25) is 0 Å². The fraction of sp³-hybridized carbons (Fsp3) is 1.00. The van der Waals surface area contributed by atoms with Crippen molar-refractivity contribution in [2.75, 3.05) is 32.8 Å². The van der Waals surface area contributed by atoms with Gasteiger partial charge >= 0.3 is 0 Å². The molecule has 3 N–H and O–H groups in total. The van der Waals surface area contributed by atoms with Gasteiger partial charge in [-0.3, -0.25) is 0 Å². The number of aliphatic hydroxyl groups excluding tert-OH is 1. The van der Waals surface area contributed by atoms with Gasteiger partial charge in [0, 0.05) is 32.3 Å². The molecule has 0 aliphatic carbocycles. The maximum atomic E-state index is 9.07. The van der Waals surface area contributed by atoms with E-state index in [0.717, 1.165) is 32.5 Å². The lowest BCUT2D eigenvalue weighted by Crippen LogP contribution is -2.42. The molecule has 17 heavy (non-hydrogen) atoms. The van der Waals surface area contributed by atoms with E-state index in [1.54, 1.807) is 0 Å². The van der Waals surface area contributed by atoms with Crippen molar-refractivity contribution in [3.05, 3.63) is 0 Å². The smallest absolute Gasteiger partial charge is 0.0709 e. The normalized spacial score (nSPS) is 23.8. The lowest BCUT2D eigenvalue weighted by molar-refractivity contribution is 0.0419. The molecule has 0 aromatic carbocycles. The molecule has 2 atom stereocenters. The zero-order chi connectivity index (χ0) is 12.5. The number of nitrogens with zero attached hydrogens (tertiary/aromatic N) is 1. The van der Waals surface area contributed by atoms with Gasteiger partial charge in [-0.05, 0) is 39.2 Å². The molecule has 0 aromatic rings. The van der Waals surface area contributed by atoms with Crippen LogP contribution in [0.2, 0.25) is 0 Å². The van der Waals surface area contributed by atoms with Gasteiger partial charge in [0.15, 0.2) is 0 Å². The number of likely N-dealkylation sites (tertiary alicyclic amines) is 1. The van der Waals surface area contributed by atoms with Crippen molar-refractivity contribution in [2.24, 2.45) is 5.73 Å². The zero-order valence-electron chi connectivity index (χ0n) is 11.1. The van der Waals surface area contributed by atoms with Gasteiger partial charge in [-0.1, -0.05) is 6.42 Å². The molecule has 0 amide bonds. The van der Waals surface area contributed by atoms with Crippen LogP contribution in [-0.4, -0.2) is 55.0 Å². The largest absolute Gasteiger partial charge is 0.396 e. The van der Waals surface area contributed by atoms with Crippen molar-refractivity contribution < 1.29 is 9.84 Å². The summed E-state index contributed by atoms with van der Waals surface area (Å²) in [5.41, 5.74) is 5.68. The van der Waals surface area contributed by atoms with Gasteiger partial charge in [-0.2, -0.15) is 0 Å². The molecule has 1 aliphatic heterocycles. The third-order valence-corrected chi connectivity index (χ3v) is 3.61. The maximum absolute atomic E-state index is 9.07. The molecule has 4 nitrogen and oxygen atoms in total. The number of piperidine rings is 1. The number of hydrogen-bond donors (Lipinski definition) is 2. The van der Waals surface area contributed by atoms with E-state index in [9.17, 15) is 0 Å². The van der Waals surface area contributed by atoms with Gasteiger partial charge in [0.1, 0.15) is 0 Å². The van der Waals surface area contributed by atoms with Crippen molar-refractivity contribution in [2.45, 2.75) is 51.2 Å². The van der Waals surface area contributed by atoms with Crippen LogP contribution in [0.1, 0.15) is 39.0 Å². The molecule has 1 rings (SSSR count). The van der Waals surface area contributed by atoms with Gasteiger partial charge < -0.3 is 20.5 Å². The average Bonchev–Trinajstić information content (AvgIpc) is 2.36. The first-order valence-electron chi connectivity index (χ1n) is 6.98. The number of nitrogens with two attached hydrogens (primary N) is 1. The monoisotopic (exact) mass is 244 g/mol. The van der Waals surface area contributed by atoms with E-state index in [0.29, 0.717) is 19.2 Å². The third kappa shape index (κ3) is 5.34. The second kappa shape index (κ2) is 8.86. The highest BCUT2D eigenvalue weighted by molar-refractivity contribution is 4.77. The molecule has 1 aliphatic rings. The van der Waals surface area contributed by atoms with E-state index < -0.39 is 0 Å². The van der Waals surface area contributed by atoms with E-state index in [2.05, 4.69) is 4.90 Å². The van der Waals surface area contributed by atoms with E-state index in [1.807, 2.05) is 6.92 Å². The highest BCUT2D eigenvalue weighted by Gasteiger charge is 2.22. The number of rotatable bonds is 8.